The van der Waals surface area contributed by atoms with Gasteiger partial charge in [0, 0.05) is 36.1 Å². The molecule has 0 bridgehead atoms. The Kier molecular flexibility index (Phi) is 3.67. The number of hydrogen-bond donors (Lipinski definition) is 2. The lowest BCUT2D eigenvalue weighted by Gasteiger charge is -2.07. The summed E-state index contributed by atoms with van der Waals surface area (Å²) in [6, 6.07) is 13.2. The number of hydrogen-bond acceptors (Lipinski definition) is 3. The van der Waals surface area contributed by atoms with Crippen LogP contribution in [0.4, 0.5) is 0 Å². The minimum Gasteiger partial charge on any atom is -0.360 e. The lowest BCUT2D eigenvalue weighted by molar-refractivity contribution is 0.0956. The van der Waals surface area contributed by atoms with Gasteiger partial charge in [-0.2, -0.15) is 0 Å². The number of rotatable bonds is 4. The summed E-state index contributed by atoms with van der Waals surface area (Å²) in [5.74, 6) is -0.0820. The van der Waals surface area contributed by atoms with Gasteiger partial charge >= 0.3 is 0 Å². The molecule has 0 unspecified atom stereocenters. The number of benzene rings is 1. The Balaban J connectivity index is 1.48. The normalized spacial score (nSPS) is 11.0. The van der Waals surface area contributed by atoms with Crippen LogP contribution < -0.4 is 5.32 Å². The number of amides is 1. The molecule has 0 saturated heterocycles. The molecule has 1 amide bonds. The number of H-pyrrole nitrogens is 1. The largest absolute Gasteiger partial charge is 0.360 e. The molecule has 0 radical (unpaired) electrons. The number of aromatic amines is 1. The zero-order chi connectivity index (χ0) is 16.4. The minimum atomic E-state index is -0.0820. The maximum Gasteiger partial charge on any atom is 0.251 e. The van der Waals surface area contributed by atoms with Crippen LogP contribution in [0, 0.1) is 0 Å². The van der Waals surface area contributed by atoms with Crippen molar-refractivity contribution < 1.29 is 4.79 Å². The molecule has 0 aliphatic rings. The first kappa shape index (κ1) is 14.4. The van der Waals surface area contributed by atoms with Crippen molar-refractivity contribution in [3.63, 3.8) is 0 Å². The number of carbonyl (C=O) groups excluding carboxylic acids is 1. The molecule has 0 atom stereocenters. The fourth-order valence-electron chi connectivity index (χ4n) is 2.91. The fourth-order valence-corrected chi connectivity index (χ4v) is 2.91. The summed E-state index contributed by atoms with van der Waals surface area (Å²) >= 11 is 0. The summed E-state index contributed by atoms with van der Waals surface area (Å²) in [4.78, 5) is 24.4. The third kappa shape index (κ3) is 2.60. The van der Waals surface area contributed by atoms with Gasteiger partial charge < -0.3 is 10.3 Å². The maximum absolute atomic E-state index is 12.5. The van der Waals surface area contributed by atoms with Crippen LogP contribution >= 0.6 is 0 Å². The molecule has 0 spiro atoms. The first-order valence-electron chi connectivity index (χ1n) is 7.86. The molecule has 2 N–H and O–H groups in total. The van der Waals surface area contributed by atoms with Gasteiger partial charge in [0.25, 0.3) is 5.91 Å². The predicted molar refractivity (Wildman–Crippen MR) is 93.9 cm³/mol. The zero-order valence-electron chi connectivity index (χ0n) is 13.0. The SMILES string of the molecule is O=C(NCCc1c[nH]c2cccnc12)c1cccc2ncccc12. The highest BCUT2D eigenvalue weighted by molar-refractivity contribution is 6.06. The molecule has 0 fully saturated rings. The Hall–Kier alpha value is -3.21. The second-order valence-electron chi connectivity index (χ2n) is 5.60. The lowest BCUT2D eigenvalue weighted by Crippen LogP contribution is -2.25. The molecule has 5 nitrogen and oxygen atoms in total. The van der Waals surface area contributed by atoms with E-state index in [-0.39, 0.29) is 5.91 Å². The van der Waals surface area contributed by atoms with Gasteiger partial charge in [-0.05, 0) is 42.3 Å². The quantitative estimate of drug-likeness (QED) is 0.608. The molecule has 0 aliphatic carbocycles. The fraction of sp³-hybridized carbons (Fsp3) is 0.105. The van der Waals surface area contributed by atoms with Crippen molar-refractivity contribution in [2.75, 3.05) is 6.54 Å². The molecular weight excluding hydrogens is 300 g/mol. The molecule has 4 rings (SSSR count). The number of aromatic nitrogens is 3. The summed E-state index contributed by atoms with van der Waals surface area (Å²) in [6.45, 7) is 0.555. The topological polar surface area (TPSA) is 70.7 Å². The maximum atomic E-state index is 12.5. The average molecular weight is 316 g/mol. The van der Waals surface area contributed by atoms with Gasteiger partial charge in [0.2, 0.25) is 0 Å². The van der Waals surface area contributed by atoms with Crippen molar-refractivity contribution in [2.24, 2.45) is 0 Å². The van der Waals surface area contributed by atoms with Crippen LogP contribution in [0.15, 0.2) is 61.1 Å². The average Bonchev–Trinajstić information content (AvgIpc) is 3.04. The van der Waals surface area contributed by atoms with Gasteiger partial charge in [0.1, 0.15) is 0 Å². The van der Waals surface area contributed by atoms with E-state index >= 15 is 0 Å². The first-order valence-corrected chi connectivity index (χ1v) is 7.86. The number of pyridine rings is 2. The first-order chi connectivity index (χ1) is 11.8. The van der Waals surface area contributed by atoms with Crippen molar-refractivity contribution in [3.05, 3.63) is 72.2 Å². The molecule has 3 aromatic heterocycles. The van der Waals surface area contributed by atoms with Crippen LogP contribution in [-0.4, -0.2) is 27.4 Å². The molecule has 1 aromatic carbocycles. The van der Waals surface area contributed by atoms with Gasteiger partial charge in [-0.15, -0.1) is 0 Å². The molecule has 118 valence electrons. The Bertz CT molecular complexity index is 1020. The van der Waals surface area contributed by atoms with Crippen molar-refractivity contribution >= 4 is 27.8 Å². The third-order valence-electron chi connectivity index (χ3n) is 4.08. The monoisotopic (exact) mass is 316 g/mol. The number of nitrogens with one attached hydrogen (secondary N) is 2. The van der Waals surface area contributed by atoms with E-state index in [2.05, 4.69) is 20.3 Å². The Morgan fingerprint density at radius 3 is 2.88 bits per heavy atom. The van der Waals surface area contributed by atoms with E-state index in [4.69, 9.17) is 0 Å². The van der Waals surface area contributed by atoms with E-state index in [1.807, 2.05) is 48.7 Å². The lowest BCUT2D eigenvalue weighted by atomic mass is 10.1. The van der Waals surface area contributed by atoms with Crippen LogP contribution in [0.3, 0.4) is 0 Å². The molecule has 4 aromatic rings. The van der Waals surface area contributed by atoms with E-state index in [9.17, 15) is 4.79 Å². The van der Waals surface area contributed by atoms with Gasteiger partial charge in [0.15, 0.2) is 0 Å². The molecule has 5 heteroatoms. The van der Waals surface area contributed by atoms with E-state index in [0.717, 1.165) is 33.9 Å². The highest BCUT2D eigenvalue weighted by Crippen LogP contribution is 2.17. The Morgan fingerprint density at radius 2 is 1.92 bits per heavy atom. The standard InChI is InChI=1S/C19H16N4O/c24-19(15-4-1-6-16-14(15)5-2-9-20-16)22-11-8-13-12-23-17-7-3-10-21-18(13)17/h1-7,9-10,12,23H,8,11H2,(H,22,24). The van der Waals surface area contributed by atoms with E-state index in [0.29, 0.717) is 12.1 Å². The molecule has 24 heavy (non-hydrogen) atoms. The van der Waals surface area contributed by atoms with E-state index in [1.54, 1.807) is 12.4 Å². The summed E-state index contributed by atoms with van der Waals surface area (Å²) < 4.78 is 0. The Labute approximate surface area is 138 Å². The summed E-state index contributed by atoms with van der Waals surface area (Å²) in [6.07, 6.45) is 6.19. The second kappa shape index (κ2) is 6.12. The van der Waals surface area contributed by atoms with Crippen LogP contribution in [0.2, 0.25) is 0 Å². The van der Waals surface area contributed by atoms with Crippen LogP contribution in [0.5, 0.6) is 0 Å². The van der Waals surface area contributed by atoms with Crippen LogP contribution in [0.1, 0.15) is 15.9 Å². The van der Waals surface area contributed by atoms with E-state index in [1.165, 1.54) is 0 Å². The molecule has 0 aliphatic heterocycles. The van der Waals surface area contributed by atoms with Gasteiger partial charge in [-0.3, -0.25) is 14.8 Å². The van der Waals surface area contributed by atoms with Crippen molar-refractivity contribution in [1.82, 2.24) is 20.3 Å². The molecule has 0 saturated carbocycles. The van der Waals surface area contributed by atoms with Crippen molar-refractivity contribution in [2.45, 2.75) is 6.42 Å². The zero-order valence-corrected chi connectivity index (χ0v) is 13.0. The second-order valence-corrected chi connectivity index (χ2v) is 5.60. The molecular formula is C19H16N4O. The molecule has 3 heterocycles. The number of fused-ring (bicyclic) bond motifs is 2. The summed E-state index contributed by atoms with van der Waals surface area (Å²) in [7, 11) is 0. The number of carbonyl (C=O) groups is 1. The van der Waals surface area contributed by atoms with Gasteiger partial charge in [0.05, 0.1) is 16.6 Å². The summed E-state index contributed by atoms with van der Waals surface area (Å²) in [5.41, 5.74) is 4.55. The Morgan fingerprint density at radius 1 is 1.04 bits per heavy atom. The van der Waals surface area contributed by atoms with Crippen LogP contribution in [-0.2, 0) is 6.42 Å². The minimum absolute atomic E-state index is 0.0820. The van der Waals surface area contributed by atoms with E-state index < -0.39 is 0 Å². The van der Waals surface area contributed by atoms with Crippen molar-refractivity contribution in [1.29, 1.82) is 0 Å². The predicted octanol–water partition coefficient (Wildman–Crippen LogP) is 3.08. The van der Waals surface area contributed by atoms with Crippen LogP contribution in [0.25, 0.3) is 21.9 Å². The van der Waals surface area contributed by atoms with Crippen molar-refractivity contribution in [3.8, 4) is 0 Å². The van der Waals surface area contributed by atoms with Gasteiger partial charge in [-0.1, -0.05) is 12.1 Å². The summed E-state index contributed by atoms with van der Waals surface area (Å²) in [5, 5.41) is 3.85. The highest BCUT2D eigenvalue weighted by atomic mass is 16.1. The third-order valence-corrected chi connectivity index (χ3v) is 4.08. The highest BCUT2D eigenvalue weighted by Gasteiger charge is 2.10. The van der Waals surface area contributed by atoms with Gasteiger partial charge in [-0.25, -0.2) is 0 Å². The number of nitrogens with zero attached hydrogens (tertiary/aromatic N) is 2. The smallest absolute Gasteiger partial charge is 0.251 e.